The minimum Gasteiger partial charge on any atom is -0.490 e. The lowest BCUT2D eigenvalue weighted by atomic mass is 10.2. The zero-order valence-electron chi connectivity index (χ0n) is 14.6. The molecule has 8 heteroatoms. The molecule has 1 aromatic heterocycles. The van der Waals surface area contributed by atoms with Crippen molar-refractivity contribution in [3.05, 3.63) is 80.7 Å². The Morgan fingerprint density at radius 2 is 2.04 bits per heavy atom. The third-order valence-corrected chi connectivity index (χ3v) is 4.46. The number of anilines is 2. The molecular formula is C19H16ClF2N3O2. The molecule has 2 aromatic carbocycles. The molecule has 27 heavy (non-hydrogen) atoms. The van der Waals surface area contributed by atoms with E-state index in [0.29, 0.717) is 10.7 Å². The largest absolute Gasteiger partial charge is 0.490 e. The highest BCUT2D eigenvalue weighted by Gasteiger charge is 2.13. The van der Waals surface area contributed by atoms with Crippen molar-refractivity contribution < 1.29 is 13.5 Å². The van der Waals surface area contributed by atoms with Gasteiger partial charge in [0, 0.05) is 16.3 Å². The predicted molar refractivity (Wildman–Crippen MR) is 100.0 cm³/mol. The quantitative estimate of drug-likeness (QED) is 0.705. The number of aromatic nitrogens is 2. The van der Waals surface area contributed by atoms with Gasteiger partial charge in [-0.05, 0) is 42.8 Å². The molecule has 0 fully saturated rings. The molecule has 0 aliphatic carbocycles. The van der Waals surface area contributed by atoms with Gasteiger partial charge in [-0.3, -0.25) is 4.79 Å². The van der Waals surface area contributed by atoms with Crippen molar-refractivity contribution >= 4 is 23.2 Å². The van der Waals surface area contributed by atoms with Gasteiger partial charge in [0.1, 0.15) is 11.6 Å². The summed E-state index contributed by atoms with van der Waals surface area (Å²) < 4.78 is 34.1. The van der Waals surface area contributed by atoms with Gasteiger partial charge in [-0.15, -0.1) is 0 Å². The molecule has 0 aliphatic rings. The average Bonchev–Trinajstić information content (AvgIpc) is 2.64. The summed E-state index contributed by atoms with van der Waals surface area (Å²) in [5, 5.41) is 3.56. The lowest BCUT2D eigenvalue weighted by molar-refractivity contribution is 0.402. The van der Waals surface area contributed by atoms with E-state index in [1.165, 1.54) is 17.9 Å². The first-order valence-corrected chi connectivity index (χ1v) is 8.38. The predicted octanol–water partition coefficient (Wildman–Crippen LogP) is 4.28. The van der Waals surface area contributed by atoms with Crippen LogP contribution in [0.2, 0.25) is 5.02 Å². The van der Waals surface area contributed by atoms with E-state index in [4.69, 9.17) is 16.3 Å². The van der Waals surface area contributed by atoms with Gasteiger partial charge in [-0.1, -0.05) is 17.7 Å². The maximum Gasteiger partial charge on any atom is 0.316 e. The molecule has 0 aliphatic heterocycles. The van der Waals surface area contributed by atoms with Gasteiger partial charge in [0.15, 0.2) is 0 Å². The Labute approximate surface area is 159 Å². The van der Waals surface area contributed by atoms with Crippen molar-refractivity contribution in [2.75, 3.05) is 12.4 Å². The van der Waals surface area contributed by atoms with Crippen LogP contribution in [0.4, 0.5) is 20.4 Å². The third-order valence-electron chi connectivity index (χ3n) is 4.05. The smallest absolute Gasteiger partial charge is 0.316 e. The van der Waals surface area contributed by atoms with Crippen LogP contribution in [0.5, 0.6) is 5.75 Å². The van der Waals surface area contributed by atoms with Gasteiger partial charge in [0.2, 0.25) is 11.7 Å². The molecule has 0 amide bonds. The van der Waals surface area contributed by atoms with Crippen LogP contribution >= 0.6 is 11.6 Å². The Bertz CT molecular complexity index is 1050. The van der Waals surface area contributed by atoms with Crippen LogP contribution in [-0.4, -0.2) is 16.7 Å². The van der Waals surface area contributed by atoms with Crippen molar-refractivity contribution in [3.8, 4) is 5.75 Å². The third kappa shape index (κ3) is 4.09. The van der Waals surface area contributed by atoms with Gasteiger partial charge in [-0.25, -0.2) is 8.78 Å². The summed E-state index contributed by atoms with van der Waals surface area (Å²) in [7, 11) is 1.33. The number of halogens is 3. The zero-order chi connectivity index (χ0) is 19.6. The van der Waals surface area contributed by atoms with Gasteiger partial charge in [-0.2, -0.15) is 4.98 Å². The molecule has 3 rings (SSSR count). The molecular weight excluding hydrogens is 376 g/mol. The summed E-state index contributed by atoms with van der Waals surface area (Å²) in [6.07, 6.45) is 1.39. The summed E-state index contributed by atoms with van der Waals surface area (Å²) in [6, 6.07) is 8.43. The summed E-state index contributed by atoms with van der Waals surface area (Å²) >= 11 is 6.13. The van der Waals surface area contributed by atoms with Crippen molar-refractivity contribution in [3.63, 3.8) is 0 Å². The van der Waals surface area contributed by atoms with E-state index < -0.39 is 17.2 Å². The van der Waals surface area contributed by atoms with E-state index in [9.17, 15) is 13.6 Å². The standard InChI is InChI=1S/C19H16ClF2N3O2/c1-11-14(20)4-3-5-16(11)23-19-24-18(26)17(27-2)10-25(19)9-12-8-13(21)6-7-15(12)22/h3-8,10H,9H2,1-2H3,(H,23,24,26). The Morgan fingerprint density at radius 1 is 1.26 bits per heavy atom. The molecule has 140 valence electrons. The van der Waals surface area contributed by atoms with E-state index in [1.54, 1.807) is 18.2 Å². The number of methoxy groups -OCH3 is 1. The van der Waals surface area contributed by atoms with Crippen molar-refractivity contribution in [1.29, 1.82) is 0 Å². The van der Waals surface area contributed by atoms with E-state index in [0.717, 1.165) is 23.8 Å². The summed E-state index contributed by atoms with van der Waals surface area (Å²) in [6.45, 7) is 1.75. The van der Waals surface area contributed by atoms with Gasteiger partial charge >= 0.3 is 5.56 Å². The number of rotatable bonds is 5. The Kier molecular flexibility index (Phi) is 5.41. The topological polar surface area (TPSA) is 56.1 Å². The molecule has 0 saturated heterocycles. The number of nitrogens with zero attached hydrogens (tertiary/aromatic N) is 2. The first kappa shape index (κ1) is 18.8. The van der Waals surface area contributed by atoms with Gasteiger partial charge in [0.05, 0.1) is 19.9 Å². The molecule has 0 atom stereocenters. The molecule has 1 heterocycles. The minimum absolute atomic E-state index is 0.0137. The fourth-order valence-corrected chi connectivity index (χ4v) is 2.72. The van der Waals surface area contributed by atoms with Crippen molar-refractivity contribution in [1.82, 2.24) is 9.55 Å². The second kappa shape index (κ2) is 7.75. The fourth-order valence-electron chi connectivity index (χ4n) is 2.55. The van der Waals surface area contributed by atoms with Gasteiger partial charge < -0.3 is 14.6 Å². The number of ether oxygens (including phenoxy) is 1. The first-order chi connectivity index (χ1) is 12.9. The van der Waals surface area contributed by atoms with Crippen molar-refractivity contribution in [2.45, 2.75) is 13.5 Å². The maximum atomic E-state index is 14.1. The number of benzene rings is 2. The van der Waals surface area contributed by atoms with E-state index >= 15 is 0 Å². The number of hydrogen-bond acceptors (Lipinski definition) is 4. The van der Waals surface area contributed by atoms with Crippen LogP contribution < -0.4 is 15.6 Å². The fraction of sp³-hybridized carbons (Fsp3) is 0.158. The van der Waals surface area contributed by atoms with E-state index in [1.807, 2.05) is 6.92 Å². The molecule has 3 aromatic rings. The summed E-state index contributed by atoms with van der Waals surface area (Å²) in [4.78, 5) is 16.1. The first-order valence-electron chi connectivity index (χ1n) is 8.00. The van der Waals surface area contributed by atoms with Crippen LogP contribution in [0.15, 0.2) is 47.4 Å². The summed E-state index contributed by atoms with van der Waals surface area (Å²) in [5.41, 5.74) is 0.907. The molecule has 0 unspecified atom stereocenters. The van der Waals surface area contributed by atoms with Crippen LogP contribution in [0.25, 0.3) is 0 Å². The SMILES string of the molecule is COc1cn(Cc2cc(F)ccc2F)c(Nc2cccc(Cl)c2C)nc1=O. The second-order valence-electron chi connectivity index (χ2n) is 5.84. The molecule has 0 saturated carbocycles. The average molecular weight is 392 g/mol. The van der Waals surface area contributed by atoms with Crippen LogP contribution in [0.3, 0.4) is 0 Å². The molecule has 5 nitrogen and oxygen atoms in total. The maximum absolute atomic E-state index is 14.1. The molecule has 0 bridgehead atoms. The number of nitrogens with one attached hydrogen (secondary N) is 1. The Hall–Kier alpha value is -2.93. The molecule has 0 spiro atoms. The van der Waals surface area contributed by atoms with Gasteiger partial charge in [0.25, 0.3) is 0 Å². The second-order valence-corrected chi connectivity index (χ2v) is 6.25. The summed E-state index contributed by atoms with van der Waals surface area (Å²) in [5.74, 6) is -0.999. The lowest BCUT2D eigenvalue weighted by Gasteiger charge is -2.17. The Morgan fingerprint density at radius 3 is 2.78 bits per heavy atom. The zero-order valence-corrected chi connectivity index (χ0v) is 15.3. The monoisotopic (exact) mass is 391 g/mol. The molecule has 1 N–H and O–H groups in total. The van der Waals surface area contributed by atoms with Crippen molar-refractivity contribution in [2.24, 2.45) is 0 Å². The highest BCUT2D eigenvalue weighted by molar-refractivity contribution is 6.31. The highest BCUT2D eigenvalue weighted by atomic mass is 35.5. The van der Waals surface area contributed by atoms with E-state index in [-0.39, 0.29) is 23.8 Å². The van der Waals surface area contributed by atoms with Crippen LogP contribution in [-0.2, 0) is 6.54 Å². The highest BCUT2D eigenvalue weighted by Crippen LogP contribution is 2.26. The van der Waals surface area contributed by atoms with Crippen LogP contribution in [0, 0.1) is 18.6 Å². The lowest BCUT2D eigenvalue weighted by Crippen LogP contribution is -2.19. The van der Waals surface area contributed by atoms with E-state index in [2.05, 4.69) is 10.3 Å². The normalized spacial score (nSPS) is 10.7. The van der Waals surface area contributed by atoms with Crippen LogP contribution in [0.1, 0.15) is 11.1 Å². The minimum atomic E-state index is -0.587. The molecule has 0 radical (unpaired) electrons. The number of hydrogen-bond donors (Lipinski definition) is 1. The Balaban J connectivity index is 2.07.